The molecule has 0 aromatic carbocycles. The molecule has 1 aliphatic rings. The number of hydrogen-bond acceptors (Lipinski definition) is 4. The van der Waals surface area contributed by atoms with Crippen LogP contribution in [-0.4, -0.2) is 26.0 Å². The summed E-state index contributed by atoms with van der Waals surface area (Å²) in [5, 5.41) is 0. The summed E-state index contributed by atoms with van der Waals surface area (Å²) in [7, 11) is -3.46. The lowest BCUT2D eigenvalue weighted by Crippen LogP contribution is -2.35. The molecule has 2 heterocycles. The third-order valence-electron chi connectivity index (χ3n) is 2.33. The van der Waals surface area contributed by atoms with Crippen LogP contribution in [0.1, 0.15) is 18.4 Å². The molecule has 0 spiro atoms. The highest BCUT2D eigenvalue weighted by atomic mass is 79.9. The van der Waals surface area contributed by atoms with Crippen molar-refractivity contribution in [1.29, 1.82) is 0 Å². The Bertz CT molecular complexity index is 457. The SMILES string of the molecule is Cc1cc(S(=O)(=O)N2CCCCO2)sc1Br. The van der Waals surface area contributed by atoms with E-state index >= 15 is 0 Å². The number of hydroxylamine groups is 1. The van der Waals surface area contributed by atoms with E-state index in [-0.39, 0.29) is 0 Å². The maximum atomic E-state index is 12.1. The van der Waals surface area contributed by atoms with Crippen molar-refractivity contribution in [3.8, 4) is 0 Å². The summed E-state index contributed by atoms with van der Waals surface area (Å²) in [6.45, 7) is 2.79. The van der Waals surface area contributed by atoms with E-state index in [9.17, 15) is 8.42 Å². The molecule has 0 N–H and O–H groups in total. The molecule has 0 aliphatic carbocycles. The zero-order valence-corrected chi connectivity index (χ0v) is 12.0. The number of aryl methyl sites for hydroxylation is 1. The minimum Gasteiger partial charge on any atom is -0.284 e. The van der Waals surface area contributed by atoms with E-state index in [2.05, 4.69) is 15.9 Å². The van der Waals surface area contributed by atoms with Gasteiger partial charge >= 0.3 is 0 Å². The van der Waals surface area contributed by atoms with Crippen LogP contribution in [-0.2, 0) is 14.9 Å². The van der Waals surface area contributed by atoms with Gasteiger partial charge in [0.05, 0.1) is 10.4 Å². The number of halogens is 1. The summed E-state index contributed by atoms with van der Waals surface area (Å²) in [4.78, 5) is 5.18. The Morgan fingerprint density at radius 1 is 1.50 bits per heavy atom. The summed E-state index contributed by atoms with van der Waals surface area (Å²) in [5.74, 6) is 0. The van der Waals surface area contributed by atoms with Gasteiger partial charge in [0.1, 0.15) is 4.21 Å². The van der Waals surface area contributed by atoms with Crippen LogP contribution in [0.4, 0.5) is 0 Å². The molecule has 1 saturated heterocycles. The highest BCUT2D eigenvalue weighted by Crippen LogP contribution is 2.32. The van der Waals surface area contributed by atoms with Gasteiger partial charge in [-0.2, -0.15) is 0 Å². The first-order valence-corrected chi connectivity index (χ1v) is 7.98. The molecule has 16 heavy (non-hydrogen) atoms. The molecule has 90 valence electrons. The number of thiophene rings is 1. The fraction of sp³-hybridized carbons (Fsp3) is 0.556. The maximum absolute atomic E-state index is 12.1. The first kappa shape index (κ1) is 12.5. The number of rotatable bonds is 2. The Balaban J connectivity index is 2.30. The Morgan fingerprint density at radius 2 is 2.25 bits per heavy atom. The van der Waals surface area contributed by atoms with Gasteiger partial charge in [-0.1, -0.05) is 4.47 Å². The van der Waals surface area contributed by atoms with Crippen LogP contribution in [0.5, 0.6) is 0 Å². The van der Waals surface area contributed by atoms with Crippen molar-refractivity contribution in [2.75, 3.05) is 13.2 Å². The summed E-state index contributed by atoms with van der Waals surface area (Å²) in [5.41, 5.74) is 0.931. The summed E-state index contributed by atoms with van der Waals surface area (Å²) >= 11 is 4.55. The van der Waals surface area contributed by atoms with Crippen molar-refractivity contribution in [2.45, 2.75) is 24.0 Å². The molecule has 0 unspecified atom stereocenters. The first-order valence-electron chi connectivity index (χ1n) is 4.93. The number of hydrogen-bond donors (Lipinski definition) is 0. The van der Waals surface area contributed by atoms with Gasteiger partial charge in [-0.05, 0) is 47.3 Å². The first-order chi connectivity index (χ1) is 7.51. The van der Waals surface area contributed by atoms with Crippen molar-refractivity contribution < 1.29 is 13.3 Å². The predicted molar refractivity (Wildman–Crippen MR) is 65.8 cm³/mol. The van der Waals surface area contributed by atoms with E-state index in [1.54, 1.807) is 6.07 Å². The van der Waals surface area contributed by atoms with Gasteiger partial charge < -0.3 is 0 Å². The van der Waals surface area contributed by atoms with E-state index in [0.717, 1.165) is 26.7 Å². The van der Waals surface area contributed by atoms with Gasteiger partial charge in [-0.15, -0.1) is 11.3 Å². The van der Waals surface area contributed by atoms with Crippen LogP contribution in [0.15, 0.2) is 14.1 Å². The number of sulfonamides is 1. The monoisotopic (exact) mass is 325 g/mol. The summed E-state index contributed by atoms with van der Waals surface area (Å²) in [6, 6.07) is 1.67. The normalized spacial score (nSPS) is 18.9. The van der Waals surface area contributed by atoms with Crippen LogP contribution >= 0.6 is 27.3 Å². The van der Waals surface area contributed by atoms with Gasteiger partial charge in [0.15, 0.2) is 0 Å². The molecule has 1 aliphatic heterocycles. The Labute approximate surface area is 107 Å². The summed E-state index contributed by atoms with van der Waals surface area (Å²) < 4.78 is 26.6. The third kappa shape index (κ3) is 2.33. The maximum Gasteiger partial charge on any atom is 0.274 e. The lowest BCUT2D eigenvalue weighted by atomic mass is 10.3. The molecule has 0 saturated carbocycles. The highest BCUT2D eigenvalue weighted by molar-refractivity contribution is 9.11. The van der Waals surface area contributed by atoms with Gasteiger partial charge in [-0.3, -0.25) is 4.84 Å². The standard InChI is InChI=1S/C9H12BrNO3S2/c1-7-6-8(15-9(7)10)16(12,13)11-4-2-3-5-14-11/h6H,2-5H2,1H3. The number of nitrogens with zero attached hydrogens (tertiary/aromatic N) is 1. The van der Waals surface area contributed by atoms with Crippen molar-refractivity contribution in [1.82, 2.24) is 4.47 Å². The zero-order valence-electron chi connectivity index (χ0n) is 8.77. The fourth-order valence-corrected chi connectivity index (χ4v) is 5.04. The van der Waals surface area contributed by atoms with E-state index < -0.39 is 10.0 Å². The van der Waals surface area contributed by atoms with Crippen molar-refractivity contribution in [2.24, 2.45) is 0 Å². The topological polar surface area (TPSA) is 46.6 Å². The molecule has 1 aromatic heterocycles. The van der Waals surface area contributed by atoms with Crippen molar-refractivity contribution in [3.63, 3.8) is 0 Å². The van der Waals surface area contributed by atoms with Gasteiger partial charge in [-0.25, -0.2) is 8.42 Å². The lowest BCUT2D eigenvalue weighted by Gasteiger charge is -2.24. The molecule has 0 bridgehead atoms. The predicted octanol–water partition coefficient (Wildman–Crippen LogP) is 2.54. The average molecular weight is 326 g/mol. The lowest BCUT2D eigenvalue weighted by molar-refractivity contribution is -0.108. The van der Waals surface area contributed by atoms with Crippen LogP contribution in [0.3, 0.4) is 0 Å². The Morgan fingerprint density at radius 3 is 2.75 bits per heavy atom. The molecule has 0 amide bonds. The highest BCUT2D eigenvalue weighted by Gasteiger charge is 2.29. The second kappa shape index (κ2) is 4.73. The average Bonchev–Trinajstić information content (AvgIpc) is 2.61. The minimum atomic E-state index is -3.46. The second-order valence-electron chi connectivity index (χ2n) is 3.59. The van der Waals surface area contributed by atoms with Crippen molar-refractivity contribution >= 4 is 37.3 Å². The van der Waals surface area contributed by atoms with Gasteiger partial charge in [0.2, 0.25) is 0 Å². The van der Waals surface area contributed by atoms with E-state index in [4.69, 9.17) is 4.84 Å². The Hall–Kier alpha value is 0.0500. The minimum absolute atomic E-state index is 0.332. The molecule has 0 radical (unpaired) electrons. The summed E-state index contributed by atoms with van der Waals surface area (Å²) in [6.07, 6.45) is 1.77. The molecule has 4 nitrogen and oxygen atoms in total. The van der Waals surface area contributed by atoms with E-state index in [0.29, 0.717) is 17.4 Å². The van der Waals surface area contributed by atoms with Crippen LogP contribution in [0.2, 0.25) is 0 Å². The smallest absolute Gasteiger partial charge is 0.274 e. The van der Waals surface area contributed by atoms with Crippen LogP contribution < -0.4 is 0 Å². The van der Waals surface area contributed by atoms with E-state index in [1.807, 2.05) is 6.92 Å². The van der Waals surface area contributed by atoms with Gasteiger partial charge in [0.25, 0.3) is 10.0 Å². The third-order valence-corrected chi connectivity index (χ3v) is 6.59. The van der Waals surface area contributed by atoms with E-state index in [1.165, 1.54) is 11.3 Å². The molecule has 1 aromatic rings. The molecular formula is C9H12BrNO3S2. The fourth-order valence-electron chi connectivity index (χ4n) is 1.42. The largest absolute Gasteiger partial charge is 0.284 e. The molecular weight excluding hydrogens is 314 g/mol. The molecule has 1 fully saturated rings. The quantitative estimate of drug-likeness (QED) is 0.839. The second-order valence-corrected chi connectivity index (χ2v) is 8.02. The molecule has 7 heteroatoms. The van der Waals surface area contributed by atoms with Crippen LogP contribution in [0, 0.1) is 6.92 Å². The zero-order chi connectivity index (χ0) is 11.8. The Kier molecular flexibility index (Phi) is 3.70. The van der Waals surface area contributed by atoms with Crippen LogP contribution in [0.25, 0.3) is 0 Å². The molecule has 2 rings (SSSR count). The molecule has 0 atom stereocenters. The van der Waals surface area contributed by atoms with Gasteiger partial charge in [0, 0.05) is 6.54 Å². The van der Waals surface area contributed by atoms with Crippen molar-refractivity contribution in [3.05, 3.63) is 15.4 Å².